The van der Waals surface area contributed by atoms with Crippen molar-refractivity contribution in [1.29, 1.82) is 0 Å². The Labute approximate surface area is 166 Å². The lowest BCUT2D eigenvalue weighted by Crippen LogP contribution is -2.32. The van der Waals surface area contributed by atoms with Crippen molar-refractivity contribution in [3.63, 3.8) is 0 Å². The molecule has 4 heterocycles. The predicted octanol–water partition coefficient (Wildman–Crippen LogP) is -1.96. The molecule has 8 atom stereocenters. The van der Waals surface area contributed by atoms with Crippen molar-refractivity contribution in [2.45, 2.75) is 12.8 Å². The molecule has 2 aliphatic carbocycles. The molecule has 0 aromatic heterocycles. The Kier molecular flexibility index (Phi) is 3.74. The number of cyclic esters (lactones) is 8. The zero-order valence-electron chi connectivity index (χ0n) is 14.9. The average molecular weight is 420 g/mol. The highest BCUT2D eigenvalue weighted by molar-refractivity contribution is 6.06. The number of carbonyl (C=O) groups excluding carboxylic acids is 8. The molecule has 6 aliphatic rings. The van der Waals surface area contributed by atoms with E-state index in [1.807, 2.05) is 0 Å². The van der Waals surface area contributed by atoms with Crippen LogP contribution in [0.2, 0.25) is 0 Å². The Morgan fingerprint density at radius 2 is 0.567 bits per heavy atom. The summed E-state index contributed by atoms with van der Waals surface area (Å²) < 4.78 is 17.8. The summed E-state index contributed by atoms with van der Waals surface area (Å²) in [6, 6.07) is 0. The number of fused-ring (bicyclic) bond motifs is 10. The maximum Gasteiger partial charge on any atom is 0.318 e. The van der Waals surface area contributed by atoms with Crippen LogP contribution in [0.4, 0.5) is 0 Å². The van der Waals surface area contributed by atoms with Gasteiger partial charge in [-0.15, -0.1) is 0 Å². The highest BCUT2D eigenvalue weighted by Crippen LogP contribution is 2.51. The summed E-state index contributed by atoms with van der Waals surface area (Å²) >= 11 is 0. The molecule has 0 amide bonds. The smallest absolute Gasteiger partial charge is 0.318 e. The van der Waals surface area contributed by atoms with Crippen molar-refractivity contribution in [1.82, 2.24) is 0 Å². The summed E-state index contributed by atoms with van der Waals surface area (Å²) in [5.41, 5.74) is 0. The van der Waals surface area contributed by atoms with Crippen molar-refractivity contribution in [3.05, 3.63) is 0 Å². The molecule has 0 aromatic rings. The van der Waals surface area contributed by atoms with Gasteiger partial charge in [-0.3, -0.25) is 38.4 Å². The monoisotopic (exact) mass is 420 g/mol. The first-order chi connectivity index (χ1) is 14.2. The number of hydrogen-bond donors (Lipinski definition) is 0. The van der Waals surface area contributed by atoms with Crippen LogP contribution in [0.25, 0.3) is 0 Å². The molecule has 2 saturated carbocycles. The summed E-state index contributed by atoms with van der Waals surface area (Å²) in [7, 11) is 0. The van der Waals surface area contributed by atoms with Crippen LogP contribution in [-0.2, 0) is 57.3 Å². The Balaban J connectivity index is 0.000000128. The Morgan fingerprint density at radius 3 is 0.800 bits per heavy atom. The van der Waals surface area contributed by atoms with Gasteiger partial charge in [-0.25, -0.2) is 0 Å². The first kappa shape index (κ1) is 18.6. The average Bonchev–Trinajstić information content (AvgIpc) is 3.36. The van der Waals surface area contributed by atoms with E-state index >= 15 is 0 Å². The first-order valence-electron chi connectivity index (χ1n) is 9.21. The summed E-state index contributed by atoms with van der Waals surface area (Å²) in [5.74, 6) is -11.6. The molecule has 12 heteroatoms. The molecule has 6 rings (SSSR count). The van der Waals surface area contributed by atoms with Crippen LogP contribution in [0.5, 0.6) is 0 Å². The predicted molar refractivity (Wildman–Crippen MR) is 81.6 cm³/mol. The second-order valence-electron chi connectivity index (χ2n) is 7.96. The molecular formula is C18H12O12. The number of esters is 8. The molecule has 8 unspecified atom stereocenters. The highest BCUT2D eigenvalue weighted by Gasteiger charge is 2.66. The maximum absolute atomic E-state index is 11.3. The van der Waals surface area contributed by atoms with Crippen LogP contribution in [0.3, 0.4) is 0 Å². The molecule has 0 N–H and O–H groups in total. The minimum Gasteiger partial charge on any atom is -0.393 e. The SMILES string of the molecule is O=C1OC(=O)C2CC1C1C(=O)OC(=O)C21.O=C1OC(=O)C2CC1C1C(=O)OC(=O)C21. The van der Waals surface area contributed by atoms with Gasteiger partial charge >= 0.3 is 47.8 Å². The molecule has 4 aliphatic heterocycles. The van der Waals surface area contributed by atoms with Gasteiger partial charge in [0.1, 0.15) is 0 Å². The molecule has 0 spiro atoms. The van der Waals surface area contributed by atoms with Crippen molar-refractivity contribution in [2.75, 3.05) is 0 Å². The Hall–Kier alpha value is -3.44. The van der Waals surface area contributed by atoms with Gasteiger partial charge in [0, 0.05) is 0 Å². The third-order valence-electron chi connectivity index (χ3n) is 6.63. The highest BCUT2D eigenvalue weighted by atomic mass is 16.6. The van der Waals surface area contributed by atoms with Crippen molar-refractivity contribution in [2.24, 2.45) is 47.3 Å². The fourth-order valence-corrected chi connectivity index (χ4v) is 5.32. The van der Waals surface area contributed by atoms with Crippen LogP contribution in [0.1, 0.15) is 12.8 Å². The Morgan fingerprint density at radius 1 is 0.367 bits per heavy atom. The number of rotatable bonds is 0. The van der Waals surface area contributed by atoms with E-state index < -0.39 is 95.1 Å². The zero-order chi connectivity index (χ0) is 21.5. The van der Waals surface area contributed by atoms with Crippen molar-refractivity contribution < 1.29 is 57.3 Å². The lowest BCUT2D eigenvalue weighted by Gasteiger charge is -2.18. The standard InChI is InChI=1S/2C9H6O6/c2*10-6-2-1-3(7(11)14-6)5-4(2)8(12)15-9(5)13/h2*2-5H,1H2. The van der Waals surface area contributed by atoms with Crippen LogP contribution in [0.15, 0.2) is 0 Å². The number of hydrogen-bond acceptors (Lipinski definition) is 12. The normalized spacial score (nSPS) is 42.7. The zero-order valence-corrected chi connectivity index (χ0v) is 14.9. The van der Waals surface area contributed by atoms with Gasteiger partial charge in [0.05, 0.1) is 47.3 Å². The van der Waals surface area contributed by atoms with Gasteiger partial charge in [-0.1, -0.05) is 0 Å². The number of carbonyl (C=O) groups is 8. The summed E-state index contributed by atoms with van der Waals surface area (Å²) in [5, 5.41) is 0. The van der Waals surface area contributed by atoms with E-state index in [0.29, 0.717) is 0 Å². The molecule has 4 bridgehead atoms. The van der Waals surface area contributed by atoms with Crippen molar-refractivity contribution >= 4 is 47.8 Å². The van der Waals surface area contributed by atoms with E-state index in [0.717, 1.165) is 0 Å². The second-order valence-corrected chi connectivity index (χ2v) is 7.96. The van der Waals surface area contributed by atoms with Crippen molar-refractivity contribution in [3.8, 4) is 0 Å². The van der Waals surface area contributed by atoms with Crippen LogP contribution >= 0.6 is 0 Å². The summed E-state index contributed by atoms with van der Waals surface area (Å²) in [6.07, 6.45) is 0.460. The van der Waals surface area contributed by atoms with E-state index in [-0.39, 0.29) is 12.8 Å². The number of ether oxygens (including phenoxy) is 4. The Bertz CT molecular complexity index is 820. The van der Waals surface area contributed by atoms with Crippen LogP contribution < -0.4 is 0 Å². The molecule has 12 nitrogen and oxygen atoms in total. The largest absolute Gasteiger partial charge is 0.393 e. The second kappa shape index (κ2) is 6.03. The van der Waals surface area contributed by atoms with Gasteiger partial charge in [0.25, 0.3) is 0 Å². The lowest BCUT2D eigenvalue weighted by molar-refractivity contribution is -0.174. The van der Waals surface area contributed by atoms with Gasteiger partial charge < -0.3 is 18.9 Å². The molecular weight excluding hydrogens is 408 g/mol. The van der Waals surface area contributed by atoms with E-state index in [1.165, 1.54) is 0 Å². The van der Waals surface area contributed by atoms with Crippen LogP contribution in [0, 0.1) is 47.3 Å². The fraction of sp³-hybridized carbons (Fsp3) is 0.556. The van der Waals surface area contributed by atoms with E-state index in [9.17, 15) is 38.4 Å². The molecule has 6 fully saturated rings. The lowest BCUT2D eigenvalue weighted by atomic mass is 9.90. The molecule has 156 valence electrons. The molecule has 4 saturated heterocycles. The fourth-order valence-electron chi connectivity index (χ4n) is 5.32. The summed E-state index contributed by atoms with van der Waals surface area (Å²) in [6.45, 7) is 0. The maximum atomic E-state index is 11.3. The van der Waals surface area contributed by atoms with Gasteiger partial charge in [-0.05, 0) is 12.8 Å². The third-order valence-corrected chi connectivity index (χ3v) is 6.63. The molecule has 0 radical (unpaired) electrons. The topological polar surface area (TPSA) is 173 Å². The molecule has 30 heavy (non-hydrogen) atoms. The summed E-state index contributed by atoms with van der Waals surface area (Å²) in [4.78, 5) is 90.4. The minimum absolute atomic E-state index is 0.230. The van der Waals surface area contributed by atoms with Gasteiger partial charge in [0.15, 0.2) is 0 Å². The quantitative estimate of drug-likeness (QED) is 0.241. The van der Waals surface area contributed by atoms with Gasteiger partial charge in [0.2, 0.25) is 0 Å². The van der Waals surface area contributed by atoms with E-state index in [4.69, 9.17) is 0 Å². The minimum atomic E-state index is -0.804. The third kappa shape index (κ3) is 2.33. The molecule has 0 aromatic carbocycles. The van der Waals surface area contributed by atoms with Gasteiger partial charge in [-0.2, -0.15) is 0 Å². The van der Waals surface area contributed by atoms with E-state index in [1.54, 1.807) is 0 Å². The van der Waals surface area contributed by atoms with E-state index in [2.05, 4.69) is 18.9 Å². The van der Waals surface area contributed by atoms with Crippen LogP contribution in [-0.4, -0.2) is 47.8 Å². The first-order valence-corrected chi connectivity index (χ1v) is 9.21.